The monoisotopic (exact) mass is 299 g/mol. The van der Waals surface area contributed by atoms with Crippen LogP contribution in [0.2, 0.25) is 0 Å². The van der Waals surface area contributed by atoms with Crippen LogP contribution < -0.4 is 0 Å². The molecule has 0 amide bonds. The van der Waals surface area contributed by atoms with Crippen LogP contribution in [0.25, 0.3) is 0 Å². The van der Waals surface area contributed by atoms with E-state index >= 15 is 0 Å². The molecule has 1 N–H and O–H groups in total. The Bertz CT molecular complexity index is 531. The molecule has 0 aliphatic carbocycles. The maximum absolute atomic E-state index is 5.00. The van der Waals surface area contributed by atoms with Crippen LogP contribution in [0.5, 0.6) is 0 Å². The van der Waals surface area contributed by atoms with Crippen LogP contribution in [-0.4, -0.2) is 38.3 Å². The van der Waals surface area contributed by atoms with Gasteiger partial charge in [0.1, 0.15) is 11.6 Å². The van der Waals surface area contributed by atoms with E-state index in [4.69, 9.17) is 4.74 Å². The number of aromatic amines is 1. The largest absolute Gasteiger partial charge is 0.384 e. The maximum Gasteiger partial charge on any atom is 0.215 e. The minimum atomic E-state index is -0.0312. The van der Waals surface area contributed by atoms with Crippen LogP contribution in [0, 0.1) is 0 Å². The molecule has 2 aromatic rings. The molecular weight excluding hydrogens is 282 g/mol. The molecule has 8 heteroatoms. The minimum absolute atomic E-state index is 0.0312. The average molecular weight is 299 g/mol. The number of methoxy groups -OCH3 is 1. The molecule has 0 aliphatic rings. The molecule has 2 aromatic heterocycles. The summed E-state index contributed by atoms with van der Waals surface area (Å²) >= 11 is 2.79. The molecule has 19 heavy (non-hydrogen) atoms. The fraction of sp³-hybridized carbons (Fsp3) is 0.636. The van der Waals surface area contributed by atoms with E-state index in [0.29, 0.717) is 11.8 Å². The zero-order valence-corrected chi connectivity index (χ0v) is 13.1. The summed E-state index contributed by atoms with van der Waals surface area (Å²) < 4.78 is 10.1. The molecule has 0 aliphatic heterocycles. The van der Waals surface area contributed by atoms with Crippen LogP contribution in [0.15, 0.2) is 9.50 Å². The van der Waals surface area contributed by atoms with E-state index in [-0.39, 0.29) is 5.41 Å². The fourth-order valence-electron chi connectivity index (χ4n) is 1.28. The predicted octanol–water partition coefficient (Wildman–Crippen LogP) is 2.29. The smallest absolute Gasteiger partial charge is 0.215 e. The van der Waals surface area contributed by atoms with Gasteiger partial charge in [-0.3, -0.25) is 5.10 Å². The summed E-state index contributed by atoms with van der Waals surface area (Å²) in [7, 11) is 1.67. The topological polar surface area (TPSA) is 76.6 Å². The number of rotatable bonds is 5. The van der Waals surface area contributed by atoms with Crippen molar-refractivity contribution in [2.24, 2.45) is 0 Å². The first-order chi connectivity index (χ1) is 8.99. The van der Waals surface area contributed by atoms with Crippen molar-refractivity contribution in [1.82, 2.24) is 24.5 Å². The Kier molecular flexibility index (Phi) is 4.54. The lowest BCUT2D eigenvalue weighted by Gasteiger charge is -2.12. The van der Waals surface area contributed by atoms with Crippen molar-refractivity contribution in [2.45, 2.75) is 42.1 Å². The van der Waals surface area contributed by atoms with Crippen molar-refractivity contribution in [3.05, 3.63) is 11.6 Å². The Morgan fingerprint density at radius 2 is 2.11 bits per heavy atom. The molecule has 2 rings (SSSR count). The Morgan fingerprint density at radius 1 is 1.32 bits per heavy atom. The lowest BCUT2D eigenvalue weighted by molar-refractivity contribution is 0.200. The van der Waals surface area contributed by atoms with Gasteiger partial charge in [-0.15, -0.1) is 5.10 Å². The SMILES string of the molecule is COCCc1nsc(Sc2n[nH]c(C(C)(C)C)n2)n1. The maximum atomic E-state index is 5.00. The summed E-state index contributed by atoms with van der Waals surface area (Å²) in [6.45, 7) is 6.91. The third kappa shape index (κ3) is 3.99. The van der Waals surface area contributed by atoms with Gasteiger partial charge in [0.2, 0.25) is 5.16 Å². The van der Waals surface area contributed by atoms with Gasteiger partial charge in [-0.25, -0.2) is 9.97 Å². The van der Waals surface area contributed by atoms with Gasteiger partial charge in [-0.2, -0.15) is 4.37 Å². The highest BCUT2D eigenvalue weighted by atomic mass is 32.2. The number of hydrogen-bond donors (Lipinski definition) is 1. The highest BCUT2D eigenvalue weighted by Crippen LogP contribution is 2.28. The minimum Gasteiger partial charge on any atom is -0.384 e. The summed E-state index contributed by atoms with van der Waals surface area (Å²) in [5.41, 5.74) is -0.0312. The van der Waals surface area contributed by atoms with E-state index in [0.717, 1.165) is 22.4 Å². The predicted molar refractivity (Wildman–Crippen MR) is 74.7 cm³/mol. The summed E-state index contributed by atoms with van der Waals surface area (Å²) in [5, 5.41) is 7.83. The molecule has 0 radical (unpaired) electrons. The normalized spacial score (nSPS) is 12.0. The second kappa shape index (κ2) is 5.98. The van der Waals surface area contributed by atoms with Gasteiger partial charge in [0.25, 0.3) is 0 Å². The lowest BCUT2D eigenvalue weighted by atomic mass is 9.96. The molecular formula is C11H17N5OS2. The molecule has 0 fully saturated rings. The number of hydrogen-bond acceptors (Lipinski definition) is 7. The van der Waals surface area contributed by atoms with Gasteiger partial charge >= 0.3 is 0 Å². The highest BCUT2D eigenvalue weighted by Gasteiger charge is 2.19. The molecule has 2 heterocycles. The van der Waals surface area contributed by atoms with Crippen LogP contribution in [-0.2, 0) is 16.6 Å². The molecule has 0 aromatic carbocycles. The Morgan fingerprint density at radius 3 is 2.74 bits per heavy atom. The van der Waals surface area contributed by atoms with E-state index in [9.17, 15) is 0 Å². The van der Waals surface area contributed by atoms with Gasteiger partial charge < -0.3 is 4.74 Å². The molecule has 0 saturated heterocycles. The summed E-state index contributed by atoms with van der Waals surface area (Å²) in [6, 6.07) is 0. The third-order valence-corrected chi connectivity index (χ3v) is 3.99. The zero-order valence-electron chi connectivity index (χ0n) is 11.4. The van der Waals surface area contributed by atoms with E-state index in [1.54, 1.807) is 7.11 Å². The standard InChI is InChI=1S/C11H17N5OS2/c1-11(2,3)8-13-9(15-14-8)18-10-12-7(16-19-10)5-6-17-4/h5-6H2,1-4H3,(H,13,14,15). The van der Waals surface area contributed by atoms with Crippen molar-refractivity contribution < 1.29 is 4.74 Å². The van der Waals surface area contributed by atoms with Crippen LogP contribution in [0.1, 0.15) is 32.4 Å². The second-order valence-electron chi connectivity index (χ2n) is 5.04. The van der Waals surface area contributed by atoms with E-state index in [1.165, 1.54) is 23.3 Å². The third-order valence-electron chi connectivity index (χ3n) is 2.33. The number of ether oxygens (including phenoxy) is 1. The number of nitrogens with zero attached hydrogens (tertiary/aromatic N) is 4. The Balaban J connectivity index is 2.01. The average Bonchev–Trinajstić information content (AvgIpc) is 2.95. The second-order valence-corrected chi connectivity index (χ2v) is 7.00. The van der Waals surface area contributed by atoms with Crippen molar-refractivity contribution in [3.63, 3.8) is 0 Å². The number of aromatic nitrogens is 5. The van der Waals surface area contributed by atoms with Crippen molar-refractivity contribution >= 4 is 23.3 Å². The van der Waals surface area contributed by atoms with Gasteiger partial charge in [-0.1, -0.05) is 20.8 Å². The van der Waals surface area contributed by atoms with Crippen LogP contribution >= 0.6 is 23.3 Å². The van der Waals surface area contributed by atoms with Crippen molar-refractivity contribution in [2.75, 3.05) is 13.7 Å². The quantitative estimate of drug-likeness (QED) is 0.913. The highest BCUT2D eigenvalue weighted by molar-refractivity contribution is 8.00. The van der Waals surface area contributed by atoms with Crippen molar-refractivity contribution in [3.8, 4) is 0 Å². The van der Waals surface area contributed by atoms with E-state index < -0.39 is 0 Å². The fourth-order valence-corrected chi connectivity index (χ4v) is 2.76. The summed E-state index contributed by atoms with van der Waals surface area (Å²) in [6.07, 6.45) is 0.731. The van der Waals surface area contributed by atoms with E-state index in [1.807, 2.05) is 0 Å². The lowest BCUT2D eigenvalue weighted by Crippen LogP contribution is -2.13. The first kappa shape index (κ1) is 14.4. The van der Waals surface area contributed by atoms with Gasteiger partial charge in [0, 0.05) is 18.9 Å². The first-order valence-electron chi connectivity index (χ1n) is 5.91. The van der Waals surface area contributed by atoms with Gasteiger partial charge in [0.15, 0.2) is 4.34 Å². The Labute approximate surface area is 120 Å². The first-order valence-corrected chi connectivity index (χ1v) is 7.50. The number of H-pyrrole nitrogens is 1. The molecule has 0 bridgehead atoms. The molecule has 0 unspecified atom stereocenters. The summed E-state index contributed by atoms with van der Waals surface area (Å²) in [5.74, 6) is 1.68. The van der Waals surface area contributed by atoms with Crippen LogP contribution in [0.3, 0.4) is 0 Å². The zero-order chi connectivity index (χ0) is 13.9. The molecule has 0 atom stereocenters. The van der Waals surface area contributed by atoms with Gasteiger partial charge in [0.05, 0.1) is 6.61 Å². The molecule has 0 saturated carbocycles. The van der Waals surface area contributed by atoms with Crippen molar-refractivity contribution in [1.29, 1.82) is 0 Å². The molecule has 0 spiro atoms. The molecule has 6 nitrogen and oxygen atoms in total. The summed E-state index contributed by atoms with van der Waals surface area (Å²) in [4.78, 5) is 8.87. The molecule has 104 valence electrons. The number of nitrogens with one attached hydrogen (secondary N) is 1. The van der Waals surface area contributed by atoms with Gasteiger partial charge in [-0.05, 0) is 23.3 Å². The Hall–Kier alpha value is -0.990. The van der Waals surface area contributed by atoms with E-state index in [2.05, 4.69) is 45.3 Å². The van der Waals surface area contributed by atoms with Crippen LogP contribution in [0.4, 0.5) is 0 Å².